The minimum atomic E-state index is -0.373. The summed E-state index contributed by atoms with van der Waals surface area (Å²) < 4.78 is 5.38. The van der Waals surface area contributed by atoms with E-state index in [2.05, 4.69) is 32.2 Å². The maximum Gasteiger partial charge on any atom is 0.411 e. The number of para-hydroxylation sites is 1. The Morgan fingerprint density at radius 1 is 1.30 bits per heavy atom. The molecular formula is C17H23NO2. The van der Waals surface area contributed by atoms with Crippen LogP contribution in [-0.2, 0) is 4.74 Å². The molecule has 3 heteroatoms. The van der Waals surface area contributed by atoms with Crippen LogP contribution >= 0.6 is 0 Å². The Morgan fingerprint density at radius 3 is 2.65 bits per heavy atom. The number of hydrogen-bond acceptors (Lipinski definition) is 2. The van der Waals surface area contributed by atoms with Crippen molar-refractivity contribution in [1.82, 2.24) is 0 Å². The fourth-order valence-electron chi connectivity index (χ4n) is 2.98. The zero-order valence-corrected chi connectivity index (χ0v) is 12.4. The van der Waals surface area contributed by atoms with E-state index in [4.69, 9.17) is 4.74 Å². The van der Waals surface area contributed by atoms with E-state index in [1.54, 1.807) is 0 Å². The fraction of sp³-hybridized carbons (Fsp3) is 0.471. The summed E-state index contributed by atoms with van der Waals surface area (Å²) in [6, 6.07) is 9.37. The lowest BCUT2D eigenvalue weighted by atomic mass is 9.75. The molecule has 0 spiro atoms. The normalized spacial score (nSPS) is 25.8. The first-order valence-electron chi connectivity index (χ1n) is 7.22. The van der Waals surface area contributed by atoms with Crippen molar-refractivity contribution >= 4 is 11.8 Å². The Labute approximate surface area is 121 Å². The zero-order chi connectivity index (χ0) is 14.5. The number of carbonyl (C=O) groups excluding carboxylic acids is 1. The molecule has 108 valence electrons. The third-order valence-corrected chi connectivity index (χ3v) is 4.02. The molecule has 1 aromatic carbocycles. The van der Waals surface area contributed by atoms with Crippen LogP contribution < -0.4 is 5.32 Å². The summed E-state index contributed by atoms with van der Waals surface area (Å²) >= 11 is 0. The Bertz CT molecular complexity index is 481. The molecule has 0 saturated heterocycles. The predicted octanol–water partition coefficient (Wildman–Crippen LogP) is 4.47. The smallest absolute Gasteiger partial charge is 0.411 e. The first kappa shape index (κ1) is 14.6. The highest BCUT2D eigenvalue weighted by Crippen LogP contribution is 2.33. The summed E-state index contributed by atoms with van der Waals surface area (Å²) in [5.74, 6) is 1.42. The Morgan fingerprint density at radius 2 is 2.00 bits per heavy atom. The summed E-state index contributed by atoms with van der Waals surface area (Å²) in [6.07, 6.45) is 3.02. The SMILES string of the molecule is CC1=C[C@H](C)[C@H](COC(=O)Nc2ccccc2)[C@@H](C)C1. The van der Waals surface area contributed by atoms with E-state index in [-0.39, 0.29) is 6.09 Å². The number of carbonyl (C=O) groups is 1. The van der Waals surface area contributed by atoms with Crippen molar-refractivity contribution in [2.24, 2.45) is 17.8 Å². The Kier molecular flexibility index (Phi) is 4.83. The van der Waals surface area contributed by atoms with E-state index in [1.807, 2.05) is 30.3 Å². The number of allylic oxidation sites excluding steroid dienone is 2. The molecule has 1 aromatic rings. The lowest BCUT2D eigenvalue weighted by Gasteiger charge is -2.32. The average Bonchev–Trinajstić information content (AvgIpc) is 2.38. The summed E-state index contributed by atoms with van der Waals surface area (Å²) in [7, 11) is 0. The van der Waals surface area contributed by atoms with Crippen LogP contribution in [0.2, 0.25) is 0 Å². The van der Waals surface area contributed by atoms with E-state index >= 15 is 0 Å². The molecule has 0 saturated carbocycles. The van der Waals surface area contributed by atoms with Crippen molar-refractivity contribution in [3.05, 3.63) is 42.0 Å². The van der Waals surface area contributed by atoms with Gasteiger partial charge < -0.3 is 4.74 Å². The van der Waals surface area contributed by atoms with E-state index in [0.29, 0.717) is 24.4 Å². The quantitative estimate of drug-likeness (QED) is 0.825. The number of benzene rings is 1. The standard InChI is InChI=1S/C17H23NO2/c1-12-9-13(2)16(14(3)10-12)11-20-17(19)18-15-7-5-4-6-8-15/h4-9,13-14,16H,10-11H2,1-3H3,(H,18,19)/t13-,14-,16-/m0/s1. The van der Waals surface area contributed by atoms with Gasteiger partial charge in [0.05, 0.1) is 6.61 Å². The largest absolute Gasteiger partial charge is 0.449 e. The maximum atomic E-state index is 11.8. The van der Waals surface area contributed by atoms with Crippen molar-refractivity contribution < 1.29 is 9.53 Å². The molecule has 1 N–H and O–H groups in total. The van der Waals surface area contributed by atoms with Gasteiger partial charge in [-0.05, 0) is 37.3 Å². The van der Waals surface area contributed by atoms with Crippen LogP contribution in [-0.4, -0.2) is 12.7 Å². The number of hydrogen-bond donors (Lipinski definition) is 1. The van der Waals surface area contributed by atoms with Gasteiger partial charge in [-0.1, -0.05) is 43.7 Å². The number of anilines is 1. The van der Waals surface area contributed by atoms with Crippen LogP contribution in [0.5, 0.6) is 0 Å². The Balaban J connectivity index is 1.84. The average molecular weight is 273 g/mol. The molecule has 20 heavy (non-hydrogen) atoms. The van der Waals surface area contributed by atoms with Crippen LogP contribution in [0.3, 0.4) is 0 Å². The van der Waals surface area contributed by atoms with Gasteiger partial charge in [-0.3, -0.25) is 5.32 Å². The van der Waals surface area contributed by atoms with Gasteiger partial charge in [-0.25, -0.2) is 4.79 Å². The van der Waals surface area contributed by atoms with Gasteiger partial charge in [0.15, 0.2) is 0 Å². The molecule has 0 unspecified atom stereocenters. The van der Waals surface area contributed by atoms with Gasteiger partial charge in [-0.2, -0.15) is 0 Å². The van der Waals surface area contributed by atoms with Crippen molar-refractivity contribution in [2.75, 3.05) is 11.9 Å². The lowest BCUT2D eigenvalue weighted by molar-refractivity contribution is 0.106. The van der Waals surface area contributed by atoms with Crippen LogP contribution in [0.4, 0.5) is 10.5 Å². The van der Waals surface area contributed by atoms with Crippen molar-refractivity contribution in [3.63, 3.8) is 0 Å². The summed E-state index contributed by atoms with van der Waals surface area (Å²) in [5, 5.41) is 2.74. The molecule has 1 amide bonds. The molecule has 2 rings (SSSR count). The van der Waals surface area contributed by atoms with Crippen LogP contribution in [0.1, 0.15) is 27.2 Å². The molecule has 0 bridgehead atoms. The number of amides is 1. The molecule has 1 aliphatic rings. The lowest BCUT2D eigenvalue weighted by Crippen LogP contribution is -2.29. The summed E-state index contributed by atoms with van der Waals surface area (Å²) in [4.78, 5) is 11.8. The zero-order valence-electron chi connectivity index (χ0n) is 12.4. The Hall–Kier alpha value is -1.77. The van der Waals surface area contributed by atoms with Gasteiger partial charge in [-0.15, -0.1) is 0 Å². The molecule has 3 nitrogen and oxygen atoms in total. The molecule has 3 atom stereocenters. The molecule has 0 radical (unpaired) electrons. The minimum absolute atomic E-state index is 0.373. The summed E-state index contributed by atoms with van der Waals surface area (Å²) in [6.45, 7) is 7.08. The topological polar surface area (TPSA) is 38.3 Å². The number of rotatable bonds is 3. The van der Waals surface area contributed by atoms with E-state index in [0.717, 1.165) is 12.1 Å². The van der Waals surface area contributed by atoms with Crippen molar-refractivity contribution in [2.45, 2.75) is 27.2 Å². The predicted molar refractivity (Wildman–Crippen MR) is 81.6 cm³/mol. The number of nitrogens with one attached hydrogen (secondary N) is 1. The second-order valence-corrected chi connectivity index (χ2v) is 5.81. The molecule has 1 aliphatic carbocycles. The van der Waals surface area contributed by atoms with Crippen LogP contribution in [0, 0.1) is 17.8 Å². The molecule has 0 fully saturated rings. The molecule has 0 aromatic heterocycles. The third kappa shape index (κ3) is 3.86. The van der Waals surface area contributed by atoms with E-state index in [9.17, 15) is 4.79 Å². The summed E-state index contributed by atoms with van der Waals surface area (Å²) in [5.41, 5.74) is 2.20. The van der Waals surface area contributed by atoms with Gasteiger partial charge in [0.25, 0.3) is 0 Å². The second-order valence-electron chi connectivity index (χ2n) is 5.81. The highest BCUT2D eigenvalue weighted by molar-refractivity contribution is 5.84. The van der Waals surface area contributed by atoms with Crippen LogP contribution in [0.25, 0.3) is 0 Å². The van der Waals surface area contributed by atoms with E-state index in [1.165, 1.54) is 5.57 Å². The molecule has 0 aliphatic heterocycles. The minimum Gasteiger partial charge on any atom is -0.449 e. The maximum absolute atomic E-state index is 11.8. The molecular weight excluding hydrogens is 250 g/mol. The highest BCUT2D eigenvalue weighted by atomic mass is 16.5. The van der Waals surface area contributed by atoms with Gasteiger partial charge in [0.2, 0.25) is 0 Å². The van der Waals surface area contributed by atoms with E-state index < -0.39 is 0 Å². The first-order chi connectivity index (χ1) is 9.56. The molecule has 0 heterocycles. The van der Waals surface area contributed by atoms with Crippen molar-refractivity contribution in [1.29, 1.82) is 0 Å². The van der Waals surface area contributed by atoms with Gasteiger partial charge in [0, 0.05) is 11.6 Å². The van der Waals surface area contributed by atoms with Crippen LogP contribution in [0.15, 0.2) is 42.0 Å². The fourth-order valence-corrected chi connectivity index (χ4v) is 2.98. The van der Waals surface area contributed by atoms with Crippen molar-refractivity contribution in [3.8, 4) is 0 Å². The third-order valence-electron chi connectivity index (χ3n) is 4.02. The highest BCUT2D eigenvalue weighted by Gasteiger charge is 2.27. The second kappa shape index (κ2) is 6.60. The monoisotopic (exact) mass is 273 g/mol. The number of ether oxygens (including phenoxy) is 1. The van der Waals surface area contributed by atoms with Gasteiger partial charge >= 0.3 is 6.09 Å². The first-order valence-corrected chi connectivity index (χ1v) is 7.22. The van der Waals surface area contributed by atoms with Gasteiger partial charge in [0.1, 0.15) is 0 Å².